The first kappa shape index (κ1) is 13.0. The van der Waals surface area contributed by atoms with E-state index in [9.17, 15) is 0 Å². The Balaban J connectivity index is 2.13. The Morgan fingerprint density at radius 1 is 1.27 bits per heavy atom. The van der Waals surface area contributed by atoms with Crippen LogP contribution in [0.5, 0.6) is 0 Å². The number of rotatable bonds is 6. The molecule has 2 nitrogen and oxygen atoms in total. The molecule has 0 amide bonds. The van der Waals surface area contributed by atoms with Crippen molar-refractivity contribution in [3.8, 4) is 0 Å². The highest BCUT2D eigenvalue weighted by molar-refractivity contribution is 4.80. The van der Waals surface area contributed by atoms with Gasteiger partial charge in [-0.1, -0.05) is 40.0 Å². The van der Waals surface area contributed by atoms with Crippen LogP contribution >= 0.6 is 0 Å². The number of hydrogen-bond acceptors (Lipinski definition) is 2. The lowest BCUT2D eigenvalue weighted by Gasteiger charge is -2.35. The molecule has 1 saturated heterocycles. The molecule has 90 valence electrons. The molecule has 1 N–H and O–H groups in total. The van der Waals surface area contributed by atoms with Gasteiger partial charge in [-0.25, -0.2) is 0 Å². The summed E-state index contributed by atoms with van der Waals surface area (Å²) in [4.78, 5) is 2.64. The van der Waals surface area contributed by atoms with Gasteiger partial charge in [-0.05, 0) is 18.9 Å². The maximum Gasteiger partial charge on any atom is 0.0218 e. The van der Waals surface area contributed by atoms with Crippen LogP contribution in [0.25, 0.3) is 0 Å². The van der Waals surface area contributed by atoms with Crippen LogP contribution in [-0.2, 0) is 0 Å². The van der Waals surface area contributed by atoms with Crippen LogP contribution in [0.2, 0.25) is 0 Å². The second-order valence-corrected chi connectivity index (χ2v) is 5.17. The Hall–Kier alpha value is -0.0800. The van der Waals surface area contributed by atoms with Crippen molar-refractivity contribution >= 4 is 0 Å². The van der Waals surface area contributed by atoms with E-state index in [4.69, 9.17) is 0 Å². The van der Waals surface area contributed by atoms with E-state index < -0.39 is 0 Å². The van der Waals surface area contributed by atoms with Gasteiger partial charge in [0.1, 0.15) is 0 Å². The molecule has 1 rings (SSSR count). The molecule has 2 heteroatoms. The second-order valence-electron chi connectivity index (χ2n) is 5.17. The first-order valence-electron chi connectivity index (χ1n) is 6.69. The van der Waals surface area contributed by atoms with E-state index in [2.05, 4.69) is 31.0 Å². The molecule has 0 aliphatic carbocycles. The quantitative estimate of drug-likeness (QED) is 0.681. The predicted octanol–water partition coefficient (Wildman–Crippen LogP) is 2.50. The van der Waals surface area contributed by atoms with Gasteiger partial charge in [0.25, 0.3) is 0 Å². The fraction of sp³-hybridized carbons (Fsp3) is 1.00. The summed E-state index contributed by atoms with van der Waals surface area (Å²) in [6, 6.07) is 0.713. The van der Waals surface area contributed by atoms with Gasteiger partial charge in [-0.3, -0.25) is 0 Å². The Morgan fingerprint density at radius 3 is 2.73 bits per heavy atom. The van der Waals surface area contributed by atoms with Crippen molar-refractivity contribution in [1.29, 1.82) is 0 Å². The van der Waals surface area contributed by atoms with Crippen LogP contribution in [-0.4, -0.2) is 37.1 Å². The van der Waals surface area contributed by atoms with Gasteiger partial charge in [-0.2, -0.15) is 0 Å². The summed E-state index contributed by atoms with van der Waals surface area (Å²) in [7, 11) is 0. The van der Waals surface area contributed by atoms with Crippen molar-refractivity contribution in [2.75, 3.05) is 26.2 Å². The maximum absolute atomic E-state index is 3.61. The van der Waals surface area contributed by atoms with E-state index in [1.165, 1.54) is 51.9 Å². The highest BCUT2D eigenvalue weighted by Crippen LogP contribution is 2.09. The largest absolute Gasteiger partial charge is 0.311 e. The molecule has 0 aromatic carbocycles. The second kappa shape index (κ2) is 7.24. The van der Waals surface area contributed by atoms with Crippen molar-refractivity contribution in [2.45, 2.75) is 52.5 Å². The molecule has 1 fully saturated rings. The lowest BCUT2D eigenvalue weighted by atomic mass is 10.0. The van der Waals surface area contributed by atoms with Crippen molar-refractivity contribution in [1.82, 2.24) is 10.2 Å². The zero-order valence-electron chi connectivity index (χ0n) is 10.8. The zero-order chi connectivity index (χ0) is 11.1. The highest BCUT2D eigenvalue weighted by atomic mass is 15.2. The van der Waals surface area contributed by atoms with Crippen LogP contribution in [0.15, 0.2) is 0 Å². The summed E-state index contributed by atoms with van der Waals surface area (Å²) in [6.07, 6.45) is 5.54. The molecule has 0 aromatic rings. The van der Waals surface area contributed by atoms with E-state index >= 15 is 0 Å². The van der Waals surface area contributed by atoms with Crippen molar-refractivity contribution in [3.05, 3.63) is 0 Å². The normalized spacial score (nSPS) is 23.6. The molecular formula is C13H28N2. The van der Waals surface area contributed by atoms with Crippen molar-refractivity contribution in [3.63, 3.8) is 0 Å². The Labute approximate surface area is 95.4 Å². The van der Waals surface area contributed by atoms with Crippen LogP contribution in [0.3, 0.4) is 0 Å². The average Bonchev–Trinajstić information content (AvgIpc) is 2.25. The van der Waals surface area contributed by atoms with Crippen LogP contribution in [0.4, 0.5) is 0 Å². The first-order chi connectivity index (χ1) is 7.24. The minimum Gasteiger partial charge on any atom is -0.311 e. The fourth-order valence-electron chi connectivity index (χ4n) is 2.25. The maximum atomic E-state index is 3.61. The molecule has 1 heterocycles. The molecule has 1 atom stereocenters. The van der Waals surface area contributed by atoms with Gasteiger partial charge in [-0.15, -0.1) is 0 Å². The fourth-order valence-corrected chi connectivity index (χ4v) is 2.25. The molecule has 0 bridgehead atoms. The lowest BCUT2D eigenvalue weighted by molar-refractivity contribution is 0.172. The summed E-state index contributed by atoms with van der Waals surface area (Å²) in [5, 5.41) is 3.61. The molecule has 0 aromatic heterocycles. The smallest absolute Gasteiger partial charge is 0.0218 e. The van der Waals surface area contributed by atoms with Gasteiger partial charge in [0.05, 0.1) is 0 Å². The minimum absolute atomic E-state index is 0.713. The highest BCUT2D eigenvalue weighted by Gasteiger charge is 2.20. The molecule has 1 aliphatic heterocycles. The Kier molecular flexibility index (Phi) is 6.26. The number of unbranched alkanes of at least 4 members (excludes halogenated alkanes) is 3. The first-order valence-corrected chi connectivity index (χ1v) is 6.69. The molecular weight excluding hydrogens is 184 g/mol. The molecule has 0 spiro atoms. The number of nitrogens with zero attached hydrogens (tertiary/aromatic N) is 1. The van der Waals surface area contributed by atoms with Gasteiger partial charge in [0.15, 0.2) is 0 Å². The average molecular weight is 212 g/mol. The Bertz CT molecular complexity index is 157. The van der Waals surface area contributed by atoms with Crippen molar-refractivity contribution in [2.24, 2.45) is 5.92 Å². The molecule has 1 unspecified atom stereocenters. The van der Waals surface area contributed by atoms with Crippen molar-refractivity contribution < 1.29 is 0 Å². The summed E-state index contributed by atoms with van der Waals surface area (Å²) in [6.45, 7) is 11.9. The molecule has 0 radical (unpaired) electrons. The monoisotopic (exact) mass is 212 g/mol. The topological polar surface area (TPSA) is 15.3 Å². The standard InChI is InChI=1S/C13H28N2/c1-4-5-6-7-9-15-10-8-14-13(11-15)12(2)3/h12-14H,4-11H2,1-3H3. The van der Waals surface area contributed by atoms with Crippen LogP contribution < -0.4 is 5.32 Å². The van der Waals surface area contributed by atoms with Gasteiger partial charge >= 0.3 is 0 Å². The lowest BCUT2D eigenvalue weighted by Crippen LogP contribution is -2.52. The molecule has 1 aliphatic rings. The van der Waals surface area contributed by atoms with Crippen LogP contribution in [0, 0.1) is 5.92 Å². The number of hydrogen-bond donors (Lipinski definition) is 1. The SMILES string of the molecule is CCCCCCN1CCNC(C(C)C)C1. The molecule has 15 heavy (non-hydrogen) atoms. The van der Waals surface area contributed by atoms with Gasteiger partial charge in [0.2, 0.25) is 0 Å². The van der Waals surface area contributed by atoms with Crippen LogP contribution in [0.1, 0.15) is 46.5 Å². The van der Waals surface area contributed by atoms with Gasteiger partial charge < -0.3 is 10.2 Å². The van der Waals surface area contributed by atoms with E-state index in [-0.39, 0.29) is 0 Å². The zero-order valence-corrected chi connectivity index (χ0v) is 10.8. The summed E-state index contributed by atoms with van der Waals surface area (Å²) >= 11 is 0. The summed E-state index contributed by atoms with van der Waals surface area (Å²) < 4.78 is 0. The number of nitrogens with one attached hydrogen (secondary N) is 1. The third kappa shape index (κ3) is 4.98. The van der Waals surface area contributed by atoms with E-state index in [1.807, 2.05) is 0 Å². The third-order valence-electron chi connectivity index (χ3n) is 3.42. The van der Waals surface area contributed by atoms with E-state index in [0.29, 0.717) is 6.04 Å². The summed E-state index contributed by atoms with van der Waals surface area (Å²) in [5.41, 5.74) is 0. The summed E-state index contributed by atoms with van der Waals surface area (Å²) in [5.74, 6) is 0.767. The van der Waals surface area contributed by atoms with E-state index in [1.54, 1.807) is 0 Å². The number of piperazine rings is 1. The Morgan fingerprint density at radius 2 is 2.07 bits per heavy atom. The molecule has 0 saturated carbocycles. The minimum atomic E-state index is 0.713. The van der Waals surface area contributed by atoms with E-state index in [0.717, 1.165) is 5.92 Å². The third-order valence-corrected chi connectivity index (χ3v) is 3.42. The van der Waals surface area contributed by atoms with Gasteiger partial charge in [0, 0.05) is 25.7 Å². The predicted molar refractivity (Wildman–Crippen MR) is 67.2 cm³/mol.